The van der Waals surface area contributed by atoms with Crippen LogP contribution in [-0.4, -0.2) is 13.0 Å². The van der Waals surface area contributed by atoms with E-state index in [4.69, 9.17) is 10.5 Å². The maximum Gasteiger partial charge on any atom is 0.259 e. The molecule has 1 heterocycles. The van der Waals surface area contributed by atoms with E-state index in [2.05, 4.69) is 0 Å². The number of fused-ring (bicyclic) bond motifs is 1. The fourth-order valence-electron chi connectivity index (χ4n) is 2.29. The number of nitrogens with two attached hydrogens (primary N) is 1. The molecule has 2 aromatic rings. The lowest BCUT2D eigenvalue weighted by molar-refractivity contribution is 0.0996. The summed E-state index contributed by atoms with van der Waals surface area (Å²) in [7, 11) is 1.62. The van der Waals surface area contributed by atoms with Crippen LogP contribution in [0.2, 0.25) is 0 Å². The number of methoxy groups -OCH3 is 1. The number of nitrogen functional groups attached to an aromatic ring is 1. The first-order valence-corrected chi connectivity index (χ1v) is 6.03. The molecule has 1 aliphatic rings. The first-order chi connectivity index (χ1) is 9.19. The van der Waals surface area contributed by atoms with Gasteiger partial charge in [-0.25, -0.2) is 0 Å². The van der Waals surface area contributed by atoms with Crippen LogP contribution < -0.4 is 15.4 Å². The summed E-state index contributed by atoms with van der Waals surface area (Å²) >= 11 is 0. The lowest BCUT2D eigenvalue weighted by Crippen LogP contribution is -2.22. The Kier molecular flexibility index (Phi) is 2.63. The van der Waals surface area contributed by atoms with E-state index in [1.165, 1.54) is 0 Å². The molecule has 0 aromatic heterocycles. The number of amides is 1. The first-order valence-electron chi connectivity index (χ1n) is 6.03. The molecule has 2 N–H and O–H groups in total. The van der Waals surface area contributed by atoms with Crippen molar-refractivity contribution < 1.29 is 9.53 Å². The minimum Gasteiger partial charge on any atom is -0.497 e. The van der Waals surface area contributed by atoms with Crippen LogP contribution in [0, 0.1) is 0 Å². The predicted octanol–water partition coefficient (Wildman–Crippen LogP) is 2.44. The molecule has 0 atom stereocenters. The third-order valence-electron chi connectivity index (χ3n) is 3.32. The van der Waals surface area contributed by atoms with Crippen LogP contribution in [0.4, 0.5) is 11.4 Å². The smallest absolute Gasteiger partial charge is 0.259 e. The molecule has 0 unspecified atom stereocenters. The van der Waals surface area contributed by atoms with E-state index in [9.17, 15) is 4.79 Å². The quantitative estimate of drug-likeness (QED) is 0.837. The zero-order valence-electron chi connectivity index (χ0n) is 10.6. The number of benzene rings is 2. The molecule has 1 aliphatic heterocycles. The number of rotatable bonds is 2. The molecule has 2 aromatic carbocycles. The van der Waals surface area contributed by atoms with Crippen molar-refractivity contribution in [3.63, 3.8) is 0 Å². The largest absolute Gasteiger partial charge is 0.497 e. The van der Waals surface area contributed by atoms with Crippen molar-refractivity contribution in [3.8, 4) is 5.75 Å². The van der Waals surface area contributed by atoms with Gasteiger partial charge in [0.2, 0.25) is 0 Å². The second kappa shape index (κ2) is 4.31. The van der Waals surface area contributed by atoms with Gasteiger partial charge in [0.25, 0.3) is 5.91 Å². The second-order valence-electron chi connectivity index (χ2n) is 4.51. The van der Waals surface area contributed by atoms with Crippen LogP contribution in [0.5, 0.6) is 5.75 Å². The van der Waals surface area contributed by atoms with E-state index < -0.39 is 0 Å². The predicted molar refractivity (Wildman–Crippen MR) is 74.4 cm³/mol. The van der Waals surface area contributed by atoms with E-state index in [1.54, 1.807) is 18.1 Å². The first kappa shape index (κ1) is 11.6. The Morgan fingerprint density at radius 3 is 2.58 bits per heavy atom. The van der Waals surface area contributed by atoms with Crippen LogP contribution in [0.15, 0.2) is 42.5 Å². The average molecular weight is 254 g/mol. The van der Waals surface area contributed by atoms with Gasteiger partial charge in [0, 0.05) is 16.9 Å². The maximum atomic E-state index is 12.3. The Hall–Kier alpha value is -2.49. The molecule has 0 saturated heterocycles. The van der Waals surface area contributed by atoms with E-state index in [0.717, 1.165) is 17.0 Å². The average Bonchev–Trinajstić information content (AvgIpc) is 2.76. The normalized spacial score (nSPS) is 13.5. The van der Waals surface area contributed by atoms with Crippen molar-refractivity contribution in [3.05, 3.63) is 53.6 Å². The summed E-state index contributed by atoms with van der Waals surface area (Å²) in [4.78, 5) is 14.1. The van der Waals surface area contributed by atoms with Crippen molar-refractivity contribution in [1.29, 1.82) is 0 Å². The Balaban J connectivity index is 1.94. The molecule has 1 amide bonds. The summed E-state index contributed by atoms with van der Waals surface area (Å²) in [5.41, 5.74) is 8.90. The molecule has 19 heavy (non-hydrogen) atoms. The van der Waals surface area contributed by atoms with Crippen LogP contribution >= 0.6 is 0 Å². The van der Waals surface area contributed by atoms with E-state index in [0.29, 0.717) is 17.8 Å². The molecular weight excluding hydrogens is 240 g/mol. The molecule has 4 nitrogen and oxygen atoms in total. The third-order valence-corrected chi connectivity index (χ3v) is 3.32. The monoisotopic (exact) mass is 254 g/mol. The Labute approximate surface area is 111 Å². The summed E-state index contributed by atoms with van der Waals surface area (Å²) in [6, 6.07) is 12.9. The third kappa shape index (κ3) is 1.91. The van der Waals surface area contributed by atoms with Crippen LogP contribution in [-0.2, 0) is 6.54 Å². The Morgan fingerprint density at radius 1 is 1.16 bits per heavy atom. The second-order valence-corrected chi connectivity index (χ2v) is 4.51. The Bertz CT molecular complexity index is 635. The van der Waals surface area contributed by atoms with Crippen molar-refractivity contribution in [1.82, 2.24) is 0 Å². The molecule has 0 aliphatic carbocycles. The standard InChI is InChI=1S/C15H14N2O2/c1-19-13-6-4-12(5-7-13)17-9-10-2-3-11(16)8-14(10)15(17)18/h2-8H,9,16H2,1H3. The molecular formula is C15H14N2O2. The van der Waals surface area contributed by atoms with E-state index in [-0.39, 0.29) is 5.91 Å². The van der Waals surface area contributed by atoms with Crippen molar-refractivity contribution >= 4 is 17.3 Å². The van der Waals surface area contributed by atoms with Gasteiger partial charge in [-0.3, -0.25) is 4.79 Å². The van der Waals surface area contributed by atoms with Gasteiger partial charge in [0.05, 0.1) is 13.7 Å². The highest BCUT2D eigenvalue weighted by molar-refractivity contribution is 6.10. The summed E-state index contributed by atoms with van der Waals surface area (Å²) in [5.74, 6) is 0.768. The zero-order valence-corrected chi connectivity index (χ0v) is 10.6. The number of anilines is 2. The fraction of sp³-hybridized carbons (Fsp3) is 0.133. The number of hydrogen-bond acceptors (Lipinski definition) is 3. The van der Waals surface area contributed by atoms with Crippen molar-refractivity contribution in [2.45, 2.75) is 6.54 Å². The van der Waals surface area contributed by atoms with Crippen molar-refractivity contribution in [2.75, 3.05) is 17.7 Å². The molecule has 0 bridgehead atoms. The van der Waals surface area contributed by atoms with Crippen molar-refractivity contribution in [2.24, 2.45) is 0 Å². The fourth-order valence-corrected chi connectivity index (χ4v) is 2.29. The Morgan fingerprint density at radius 2 is 1.89 bits per heavy atom. The summed E-state index contributed by atoms with van der Waals surface area (Å²) in [6.07, 6.45) is 0. The van der Waals surface area contributed by atoms with Crippen LogP contribution in [0.3, 0.4) is 0 Å². The lowest BCUT2D eigenvalue weighted by Gasteiger charge is -2.15. The zero-order chi connectivity index (χ0) is 13.4. The number of nitrogens with zero attached hydrogens (tertiary/aromatic N) is 1. The minimum absolute atomic E-state index is 0.00698. The van der Waals surface area contributed by atoms with Gasteiger partial charge < -0.3 is 15.4 Å². The molecule has 4 heteroatoms. The maximum absolute atomic E-state index is 12.3. The number of hydrogen-bond donors (Lipinski definition) is 1. The number of ether oxygens (including phenoxy) is 1. The molecule has 96 valence electrons. The van der Waals surface area contributed by atoms with Gasteiger partial charge in [0.15, 0.2) is 0 Å². The highest BCUT2D eigenvalue weighted by Crippen LogP contribution is 2.30. The topological polar surface area (TPSA) is 55.6 Å². The van der Waals surface area contributed by atoms with Crippen LogP contribution in [0.1, 0.15) is 15.9 Å². The number of carbonyl (C=O) groups is 1. The molecule has 3 rings (SSSR count). The highest BCUT2D eigenvalue weighted by atomic mass is 16.5. The van der Waals surface area contributed by atoms with Gasteiger partial charge >= 0.3 is 0 Å². The SMILES string of the molecule is COc1ccc(N2Cc3ccc(N)cc3C2=O)cc1. The number of carbonyl (C=O) groups excluding carboxylic acids is 1. The highest BCUT2D eigenvalue weighted by Gasteiger charge is 2.28. The summed E-state index contributed by atoms with van der Waals surface area (Å²) in [6.45, 7) is 0.584. The molecule has 0 spiro atoms. The lowest BCUT2D eigenvalue weighted by atomic mass is 10.1. The minimum atomic E-state index is -0.00698. The van der Waals surface area contributed by atoms with Crippen LogP contribution in [0.25, 0.3) is 0 Å². The summed E-state index contributed by atoms with van der Waals surface area (Å²) < 4.78 is 5.12. The van der Waals surface area contributed by atoms with E-state index >= 15 is 0 Å². The van der Waals surface area contributed by atoms with Gasteiger partial charge in [-0.1, -0.05) is 6.07 Å². The van der Waals surface area contributed by atoms with Gasteiger partial charge in [-0.2, -0.15) is 0 Å². The van der Waals surface area contributed by atoms with Gasteiger partial charge in [-0.15, -0.1) is 0 Å². The summed E-state index contributed by atoms with van der Waals surface area (Å²) in [5, 5.41) is 0. The van der Waals surface area contributed by atoms with E-state index in [1.807, 2.05) is 36.4 Å². The van der Waals surface area contributed by atoms with Gasteiger partial charge in [-0.05, 0) is 42.0 Å². The molecule has 0 radical (unpaired) electrons. The molecule has 0 fully saturated rings. The van der Waals surface area contributed by atoms with Gasteiger partial charge in [0.1, 0.15) is 5.75 Å². The molecule has 0 saturated carbocycles.